The molecule has 0 spiro atoms. The lowest BCUT2D eigenvalue weighted by Crippen LogP contribution is -1.81. The van der Waals surface area contributed by atoms with Gasteiger partial charge in [-0.1, -0.05) is 91.0 Å². The number of nitrogens with zero attached hydrogens (tertiary/aromatic N) is 1. The second-order valence-corrected chi connectivity index (χ2v) is 6.63. The minimum atomic E-state index is 0.898. The summed E-state index contributed by atoms with van der Waals surface area (Å²) in [6.07, 6.45) is 0. The summed E-state index contributed by atoms with van der Waals surface area (Å²) in [5, 5.41) is 0. The topological polar surface area (TPSA) is 28.7 Å². The highest BCUT2D eigenvalue weighted by molar-refractivity contribution is 5.84. The fourth-order valence-corrected chi connectivity index (χ4v) is 3.41. The lowest BCUT2D eigenvalue weighted by atomic mass is 10.0. The first-order valence-corrected chi connectivity index (χ1v) is 9.08. The number of imidazole rings is 1. The number of H-pyrrole nitrogens is 1. The average molecular weight is 346 g/mol. The maximum atomic E-state index is 4.76. The molecule has 5 aromatic rings. The minimum absolute atomic E-state index is 0.898. The van der Waals surface area contributed by atoms with Crippen molar-refractivity contribution >= 4 is 11.0 Å². The Bertz CT molecular complexity index is 1190. The van der Waals surface area contributed by atoms with E-state index in [4.69, 9.17) is 4.98 Å². The Morgan fingerprint density at radius 1 is 0.481 bits per heavy atom. The third kappa shape index (κ3) is 3.02. The number of hydrogen-bond donors (Lipinski definition) is 1. The van der Waals surface area contributed by atoms with Crippen molar-refractivity contribution in [1.29, 1.82) is 0 Å². The molecule has 128 valence electrons. The smallest absolute Gasteiger partial charge is 0.138 e. The van der Waals surface area contributed by atoms with Crippen LogP contribution >= 0.6 is 0 Å². The maximum Gasteiger partial charge on any atom is 0.138 e. The van der Waals surface area contributed by atoms with E-state index in [9.17, 15) is 0 Å². The molecule has 1 aromatic heterocycles. The van der Waals surface area contributed by atoms with Crippen molar-refractivity contribution in [1.82, 2.24) is 9.97 Å². The highest BCUT2D eigenvalue weighted by atomic mass is 14.9. The highest BCUT2D eigenvalue weighted by Crippen LogP contribution is 2.27. The lowest BCUT2D eigenvalue weighted by molar-refractivity contribution is 1.34. The number of hydrogen-bond acceptors (Lipinski definition) is 1. The van der Waals surface area contributed by atoms with Gasteiger partial charge in [-0.3, -0.25) is 0 Å². The molecule has 0 saturated carbocycles. The van der Waals surface area contributed by atoms with E-state index < -0.39 is 0 Å². The minimum Gasteiger partial charge on any atom is -0.338 e. The summed E-state index contributed by atoms with van der Waals surface area (Å²) in [5.74, 6) is 0.898. The van der Waals surface area contributed by atoms with Gasteiger partial charge in [-0.25, -0.2) is 4.98 Å². The molecule has 0 amide bonds. The number of rotatable bonds is 3. The first-order valence-electron chi connectivity index (χ1n) is 9.08. The van der Waals surface area contributed by atoms with Gasteiger partial charge in [-0.15, -0.1) is 0 Å². The molecular formula is C25H18N2. The summed E-state index contributed by atoms with van der Waals surface area (Å²) in [7, 11) is 0. The van der Waals surface area contributed by atoms with Gasteiger partial charge in [0.15, 0.2) is 0 Å². The summed E-state index contributed by atoms with van der Waals surface area (Å²) < 4.78 is 0. The Morgan fingerprint density at radius 2 is 1.00 bits per heavy atom. The number of fused-ring (bicyclic) bond motifs is 1. The van der Waals surface area contributed by atoms with Crippen LogP contribution in [0.1, 0.15) is 0 Å². The van der Waals surface area contributed by atoms with Crippen LogP contribution in [-0.2, 0) is 0 Å². The van der Waals surface area contributed by atoms with Crippen LogP contribution in [0.4, 0.5) is 0 Å². The maximum absolute atomic E-state index is 4.76. The second-order valence-electron chi connectivity index (χ2n) is 6.63. The van der Waals surface area contributed by atoms with Crippen LogP contribution in [0.25, 0.3) is 44.7 Å². The van der Waals surface area contributed by atoms with Crippen LogP contribution in [0.2, 0.25) is 0 Å². The van der Waals surface area contributed by atoms with E-state index in [0.717, 1.165) is 22.4 Å². The average Bonchev–Trinajstić information content (AvgIpc) is 3.18. The van der Waals surface area contributed by atoms with Crippen molar-refractivity contribution in [3.05, 3.63) is 103 Å². The van der Waals surface area contributed by atoms with Crippen LogP contribution in [0.5, 0.6) is 0 Å². The summed E-state index contributed by atoms with van der Waals surface area (Å²) >= 11 is 0. The Hall–Kier alpha value is -3.65. The van der Waals surface area contributed by atoms with Gasteiger partial charge in [0.25, 0.3) is 0 Å². The lowest BCUT2D eigenvalue weighted by Gasteiger charge is -2.02. The molecule has 0 bridgehead atoms. The molecule has 1 N–H and O–H groups in total. The molecule has 1 heterocycles. The molecule has 0 unspecified atom stereocenters. The molecule has 0 aliphatic rings. The van der Waals surface area contributed by atoms with Crippen molar-refractivity contribution in [2.24, 2.45) is 0 Å². The zero-order chi connectivity index (χ0) is 18.1. The molecule has 0 atom stereocenters. The van der Waals surface area contributed by atoms with Crippen LogP contribution in [0.3, 0.4) is 0 Å². The molecule has 4 aromatic carbocycles. The largest absolute Gasteiger partial charge is 0.338 e. The Morgan fingerprint density at radius 3 is 1.67 bits per heavy atom. The molecule has 0 fully saturated rings. The first-order chi connectivity index (χ1) is 13.4. The van der Waals surface area contributed by atoms with Crippen molar-refractivity contribution < 1.29 is 0 Å². The standard InChI is InChI=1S/C25H18N2/c1-3-7-18(8-4-1)20-11-13-21(14-12-20)25-26-23-16-15-22(17-24(23)27-25)19-9-5-2-6-10-19/h1-17H,(H,26,27). The third-order valence-corrected chi connectivity index (χ3v) is 4.85. The summed E-state index contributed by atoms with van der Waals surface area (Å²) in [6.45, 7) is 0. The quantitative estimate of drug-likeness (QED) is 0.393. The van der Waals surface area contributed by atoms with Crippen molar-refractivity contribution in [3.63, 3.8) is 0 Å². The zero-order valence-corrected chi connectivity index (χ0v) is 14.8. The van der Waals surface area contributed by atoms with Gasteiger partial charge in [0, 0.05) is 5.56 Å². The molecule has 2 heteroatoms. The number of aromatic amines is 1. The predicted octanol–water partition coefficient (Wildman–Crippen LogP) is 6.56. The van der Waals surface area contributed by atoms with Crippen LogP contribution in [0.15, 0.2) is 103 Å². The summed E-state index contributed by atoms with van der Waals surface area (Å²) in [6, 6.07) is 35.7. The number of aromatic nitrogens is 2. The van der Waals surface area contributed by atoms with E-state index in [1.807, 2.05) is 12.1 Å². The predicted molar refractivity (Wildman–Crippen MR) is 112 cm³/mol. The van der Waals surface area contributed by atoms with E-state index in [2.05, 4.69) is 96.0 Å². The molecule has 5 rings (SSSR count). The van der Waals surface area contributed by atoms with Gasteiger partial charge in [-0.2, -0.15) is 0 Å². The van der Waals surface area contributed by atoms with E-state index in [1.165, 1.54) is 22.3 Å². The fraction of sp³-hybridized carbons (Fsp3) is 0. The van der Waals surface area contributed by atoms with Crippen LogP contribution in [-0.4, -0.2) is 9.97 Å². The molecular weight excluding hydrogens is 328 g/mol. The van der Waals surface area contributed by atoms with E-state index >= 15 is 0 Å². The molecule has 0 aliphatic heterocycles. The van der Waals surface area contributed by atoms with Crippen LogP contribution in [0, 0.1) is 0 Å². The number of nitrogens with one attached hydrogen (secondary N) is 1. The van der Waals surface area contributed by atoms with E-state index in [-0.39, 0.29) is 0 Å². The highest BCUT2D eigenvalue weighted by Gasteiger charge is 2.07. The van der Waals surface area contributed by atoms with E-state index in [1.54, 1.807) is 0 Å². The fourth-order valence-electron chi connectivity index (χ4n) is 3.41. The van der Waals surface area contributed by atoms with Crippen molar-refractivity contribution in [2.75, 3.05) is 0 Å². The van der Waals surface area contributed by atoms with Gasteiger partial charge in [0.05, 0.1) is 11.0 Å². The summed E-state index contributed by atoms with van der Waals surface area (Å²) in [5.41, 5.74) is 7.96. The molecule has 0 radical (unpaired) electrons. The van der Waals surface area contributed by atoms with Crippen molar-refractivity contribution in [3.8, 4) is 33.6 Å². The zero-order valence-electron chi connectivity index (χ0n) is 14.8. The first kappa shape index (κ1) is 15.6. The Labute approximate surface area is 158 Å². The van der Waals surface area contributed by atoms with Crippen molar-refractivity contribution in [2.45, 2.75) is 0 Å². The molecule has 27 heavy (non-hydrogen) atoms. The molecule has 2 nitrogen and oxygen atoms in total. The van der Waals surface area contributed by atoms with Gasteiger partial charge in [0.2, 0.25) is 0 Å². The Balaban J connectivity index is 1.50. The normalized spacial score (nSPS) is 11.0. The van der Waals surface area contributed by atoms with Gasteiger partial charge in [-0.05, 0) is 34.4 Å². The van der Waals surface area contributed by atoms with Gasteiger partial charge in [0.1, 0.15) is 5.82 Å². The van der Waals surface area contributed by atoms with E-state index in [0.29, 0.717) is 0 Å². The molecule has 0 aliphatic carbocycles. The second kappa shape index (κ2) is 6.58. The summed E-state index contributed by atoms with van der Waals surface area (Å²) in [4.78, 5) is 8.23. The Kier molecular flexibility index (Phi) is 3.80. The van der Waals surface area contributed by atoms with Gasteiger partial charge < -0.3 is 4.98 Å². The van der Waals surface area contributed by atoms with Gasteiger partial charge >= 0.3 is 0 Å². The monoisotopic (exact) mass is 346 g/mol. The third-order valence-electron chi connectivity index (χ3n) is 4.85. The SMILES string of the molecule is c1ccc(-c2ccc(-c3nc4ccc(-c5ccccc5)cc4[nH]3)cc2)cc1. The number of benzene rings is 4. The molecule has 0 saturated heterocycles. The van der Waals surface area contributed by atoms with Crippen LogP contribution < -0.4 is 0 Å².